The standard InChI is InChI=1S/C26H31N3O6/c1-26(24(31)32)16-29(12-13-35-26)23(30)22(14-28(2)3)27-25(33)34-15-21-19-10-6-4-8-17(19)18-9-5-7-11-20(18)21/h4-11,21-22H,12-16H2,1-3H3,(H,27,33)(H,31,32). The average Bonchev–Trinajstić information content (AvgIpc) is 3.15. The van der Waals surface area contributed by atoms with Crippen LogP contribution in [0.25, 0.3) is 11.1 Å². The highest BCUT2D eigenvalue weighted by Gasteiger charge is 2.42. The van der Waals surface area contributed by atoms with Crippen molar-refractivity contribution in [3.63, 3.8) is 0 Å². The third-order valence-electron chi connectivity index (χ3n) is 6.52. The largest absolute Gasteiger partial charge is 0.479 e. The molecule has 186 valence electrons. The van der Waals surface area contributed by atoms with Crippen LogP contribution < -0.4 is 5.32 Å². The summed E-state index contributed by atoms with van der Waals surface area (Å²) in [7, 11) is 3.58. The van der Waals surface area contributed by atoms with Crippen molar-refractivity contribution < 1.29 is 29.0 Å². The summed E-state index contributed by atoms with van der Waals surface area (Å²) in [5.41, 5.74) is 2.98. The topological polar surface area (TPSA) is 108 Å². The lowest BCUT2D eigenvalue weighted by Crippen LogP contribution is -2.61. The van der Waals surface area contributed by atoms with Crippen molar-refractivity contribution in [3.05, 3.63) is 59.7 Å². The number of likely N-dealkylation sites (N-methyl/N-ethyl adjacent to an activating group) is 1. The third-order valence-corrected chi connectivity index (χ3v) is 6.52. The van der Waals surface area contributed by atoms with E-state index >= 15 is 0 Å². The molecule has 1 fully saturated rings. The number of morpholine rings is 1. The lowest BCUT2D eigenvalue weighted by Gasteiger charge is -2.39. The van der Waals surface area contributed by atoms with Gasteiger partial charge in [-0.15, -0.1) is 0 Å². The lowest BCUT2D eigenvalue weighted by atomic mass is 9.98. The van der Waals surface area contributed by atoms with Crippen LogP contribution >= 0.6 is 0 Å². The summed E-state index contributed by atoms with van der Waals surface area (Å²) < 4.78 is 11.0. The maximum absolute atomic E-state index is 13.2. The molecule has 2 aromatic rings. The van der Waals surface area contributed by atoms with E-state index < -0.39 is 23.7 Å². The van der Waals surface area contributed by atoms with E-state index in [1.54, 1.807) is 19.0 Å². The maximum atomic E-state index is 13.2. The highest BCUT2D eigenvalue weighted by molar-refractivity contribution is 5.87. The van der Waals surface area contributed by atoms with E-state index in [1.165, 1.54) is 11.8 Å². The summed E-state index contributed by atoms with van der Waals surface area (Å²) in [5, 5.41) is 12.2. The fourth-order valence-corrected chi connectivity index (χ4v) is 4.74. The molecule has 2 N–H and O–H groups in total. The van der Waals surface area contributed by atoms with Gasteiger partial charge in [0, 0.05) is 19.0 Å². The molecule has 1 heterocycles. The van der Waals surface area contributed by atoms with Crippen LogP contribution in [-0.4, -0.2) is 91.5 Å². The Morgan fingerprint density at radius 2 is 1.74 bits per heavy atom. The summed E-state index contributed by atoms with van der Waals surface area (Å²) in [6, 6.07) is 15.2. The highest BCUT2D eigenvalue weighted by atomic mass is 16.5. The molecule has 1 saturated heterocycles. The number of alkyl carbamates (subject to hydrolysis) is 1. The maximum Gasteiger partial charge on any atom is 0.407 e. The number of aliphatic carboxylic acids is 1. The third kappa shape index (κ3) is 5.16. The first kappa shape index (κ1) is 24.7. The Labute approximate surface area is 204 Å². The number of benzene rings is 2. The SMILES string of the molecule is CN(C)CC(NC(=O)OCC1c2ccccc2-c2ccccc21)C(=O)N1CCOC(C)(C(=O)O)C1. The van der Waals surface area contributed by atoms with E-state index in [0.29, 0.717) is 0 Å². The summed E-state index contributed by atoms with van der Waals surface area (Å²) in [6.45, 7) is 2.07. The van der Waals surface area contributed by atoms with E-state index in [0.717, 1.165) is 22.3 Å². The van der Waals surface area contributed by atoms with Gasteiger partial charge in [-0.05, 0) is 43.3 Å². The number of carboxylic acid groups (broad SMARTS) is 1. The first-order valence-electron chi connectivity index (χ1n) is 11.6. The number of nitrogens with zero attached hydrogens (tertiary/aromatic N) is 2. The highest BCUT2D eigenvalue weighted by Crippen LogP contribution is 2.44. The van der Waals surface area contributed by atoms with E-state index in [9.17, 15) is 19.5 Å². The number of carboxylic acids is 1. The molecule has 0 radical (unpaired) electrons. The second kappa shape index (κ2) is 10.1. The average molecular weight is 482 g/mol. The molecule has 0 aromatic heterocycles. The van der Waals surface area contributed by atoms with Crippen LogP contribution in [0.2, 0.25) is 0 Å². The molecule has 0 saturated carbocycles. The zero-order valence-electron chi connectivity index (χ0n) is 20.2. The van der Waals surface area contributed by atoms with Crippen LogP contribution in [0.1, 0.15) is 24.0 Å². The van der Waals surface area contributed by atoms with Crippen molar-refractivity contribution in [2.45, 2.75) is 24.5 Å². The number of amides is 2. The number of nitrogens with one attached hydrogen (secondary N) is 1. The Morgan fingerprint density at radius 3 is 2.31 bits per heavy atom. The fraction of sp³-hybridized carbons (Fsp3) is 0.423. The molecular weight excluding hydrogens is 450 g/mol. The smallest absolute Gasteiger partial charge is 0.407 e. The number of fused-ring (bicyclic) bond motifs is 3. The first-order valence-corrected chi connectivity index (χ1v) is 11.6. The summed E-state index contributed by atoms with van der Waals surface area (Å²) in [4.78, 5) is 40.8. The monoisotopic (exact) mass is 481 g/mol. The zero-order chi connectivity index (χ0) is 25.2. The molecule has 9 nitrogen and oxygen atoms in total. The van der Waals surface area contributed by atoms with Crippen LogP contribution in [0.5, 0.6) is 0 Å². The molecule has 2 unspecified atom stereocenters. The van der Waals surface area contributed by atoms with Crippen molar-refractivity contribution in [2.75, 3.05) is 46.9 Å². The van der Waals surface area contributed by atoms with E-state index in [2.05, 4.69) is 17.4 Å². The molecule has 35 heavy (non-hydrogen) atoms. The normalized spacial score (nSPS) is 20.2. The molecule has 2 atom stereocenters. The van der Waals surface area contributed by atoms with Crippen LogP contribution in [0, 0.1) is 0 Å². The second-order valence-corrected chi connectivity index (χ2v) is 9.43. The molecule has 1 aliphatic heterocycles. The molecule has 2 aromatic carbocycles. The molecule has 9 heteroatoms. The number of rotatable bonds is 7. The molecule has 0 spiro atoms. The molecular formula is C26H31N3O6. The first-order chi connectivity index (χ1) is 16.7. The van der Waals surface area contributed by atoms with Gasteiger partial charge in [0.25, 0.3) is 0 Å². The number of carbonyl (C=O) groups is 3. The van der Waals surface area contributed by atoms with Gasteiger partial charge in [0.1, 0.15) is 12.6 Å². The van der Waals surface area contributed by atoms with Gasteiger partial charge in [-0.2, -0.15) is 0 Å². The molecule has 4 rings (SSSR count). The Hall–Kier alpha value is -3.43. The number of ether oxygens (including phenoxy) is 2. The van der Waals surface area contributed by atoms with Gasteiger partial charge in [-0.1, -0.05) is 48.5 Å². The minimum absolute atomic E-state index is 0.0910. The lowest BCUT2D eigenvalue weighted by molar-refractivity contribution is -0.177. The fourth-order valence-electron chi connectivity index (χ4n) is 4.74. The van der Waals surface area contributed by atoms with Crippen LogP contribution in [0.3, 0.4) is 0 Å². The Morgan fingerprint density at radius 1 is 1.14 bits per heavy atom. The summed E-state index contributed by atoms with van der Waals surface area (Å²) >= 11 is 0. The quantitative estimate of drug-likeness (QED) is 0.624. The van der Waals surface area contributed by atoms with Gasteiger partial charge in [0.05, 0.1) is 13.2 Å². The van der Waals surface area contributed by atoms with Crippen LogP contribution in [-0.2, 0) is 19.1 Å². The molecule has 2 amide bonds. The number of hydrogen-bond acceptors (Lipinski definition) is 6. The van der Waals surface area contributed by atoms with Gasteiger partial charge in [-0.25, -0.2) is 9.59 Å². The van der Waals surface area contributed by atoms with Gasteiger partial charge in [0.15, 0.2) is 5.60 Å². The van der Waals surface area contributed by atoms with Gasteiger partial charge < -0.3 is 29.7 Å². The van der Waals surface area contributed by atoms with Crippen molar-refractivity contribution >= 4 is 18.0 Å². The zero-order valence-corrected chi connectivity index (χ0v) is 20.2. The number of carbonyl (C=O) groups excluding carboxylic acids is 2. The van der Waals surface area contributed by atoms with Crippen molar-refractivity contribution in [3.8, 4) is 11.1 Å². The molecule has 2 aliphatic rings. The van der Waals surface area contributed by atoms with Gasteiger partial charge >= 0.3 is 12.1 Å². The van der Waals surface area contributed by atoms with E-state index in [4.69, 9.17) is 9.47 Å². The van der Waals surface area contributed by atoms with Crippen molar-refractivity contribution in [1.82, 2.24) is 15.1 Å². The van der Waals surface area contributed by atoms with Crippen molar-refractivity contribution in [2.24, 2.45) is 0 Å². The predicted molar refractivity (Wildman–Crippen MR) is 129 cm³/mol. The van der Waals surface area contributed by atoms with E-state index in [-0.39, 0.29) is 44.7 Å². The Bertz CT molecular complexity index is 1070. The van der Waals surface area contributed by atoms with Crippen molar-refractivity contribution in [1.29, 1.82) is 0 Å². The summed E-state index contributed by atoms with van der Waals surface area (Å²) in [5.74, 6) is -1.60. The minimum Gasteiger partial charge on any atom is -0.479 e. The van der Waals surface area contributed by atoms with Crippen LogP contribution in [0.4, 0.5) is 4.79 Å². The van der Waals surface area contributed by atoms with E-state index in [1.807, 2.05) is 36.4 Å². The second-order valence-electron chi connectivity index (χ2n) is 9.43. The number of hydrogen-bond donors (Lipinski definition) is 2. The molecule has 0 bridgehead atoms. The van der Waals surface area contributed by atoms with Gasteiger partial charge in [-0.3, -0.25) is 4.79 Å². The predicted octanol–water partition coefficient (Wildman–Crippen LogP) is 2.16. The minimum atomic E-state index is -1.49. The summed E-state index contributed by atoms with van der Waals surface area (Å²) in [6.07, 6.45) is -0.693. The Kier molecular flexibility index (Phi) is 7.09. The Balaban J connectivity index is 1.43. The molecule has 1 aliphatic carbocycles. The van der Waals surface area contributed by atoms with Gasteiger partial charge in [0.2, 0.25) is 5.91 Å². The van der Waals surface area contributed by atoms with Crippen LogP contribution in [0.15, 0.2) is 48.5 Å².